The highest BCUT2D eigenvalue weighted by Crippen LogP contribution is 2.28. The van der Waals surface area contributed by atoms with Gasteiger partial charge in [0.1, 0.15) is 6.10 Å². The van der Waals surface area contributed by atoms with Gasteiger partial charge in [-0.25, -0.2) is 0 Å². The maximum absolute atomic E-state index is 12.3. The first kappa shape index (κ1) is 14.0. The van der Waals surface area contributed by atoms with Gasteiger partial charge in [0.25, 0.3) is 0 Å². The summed E-state index contributed by atoms with van der Waals surface area (Å²) >= 11 is 0. The molecule has 4 nitrogen and oxygen atoms in total. The van der Waals surface area contributed by atoms with Crippen LogP contribution in [0.2, 0.25) is 0 Å². The van der Waals surface area contributed by atoms with Crippen LogP contribution in [-0.4, -0.2) is 22.3 Å². The fourth-order valence-corrected chi connectivity index (χ4v) is 2.14. The first-order valence-corrected chi connectivity index (χ1v) is 6.30. The Morgan fingerprint density at radius 1 is 1.11 bits per heavy atom. The average Bonchev–Trinajstić information content (AvgIpc) is 2.55. The summed E-state index contributed by atoms with van der Waals surface area (Å²) in [4.78, 5) is 0. The van der Waals surface area contributed by atoms with Crippen molar-refractivity contribution in [1.82, 2.24) is 10.2 Å². The SMILES string of the molecule is NC1CCCCCC1Oc1ccc(C(F)(F)F)nn1. The lowest BCUT2D eigenvalue weighted by Gasteiger charge is -2.21. The van der Waals surface area contributed by atoms with Crippen molar-refractivity contribution in [2.75, 3.05) is 0 Å². The standard InChI is InChI=1S/C12H16F3N3O/c13-12(14,15)10-6-7-11(18-17-10)19-9-5-3-1-2-4-8(9)16/h6-9H,1-5,16H2. The minimum atomic E-state index is -4.48. The number of alkyl halides is 3. The number of nitrogens with zero attached hydrogens (tertiary/aromatic N) is 2. The van der Waals surface area contributed by atoms with E-state index in [2.05, 4.69) is 10.2 Å². The minimum absolute atomic E-state index is 0.0929. The van der Waals surface area contributed by atoms with Crippen LogP contribution in [0, 0.1) is 0 Å². The molecule has 2 unspecified atom stereocenters. The Balaban J connectivity index is 2.02. The molecule has 2 atom stereocenters. The third-order valence-electron chi connectivity index (χ3n) is 3.21. The molecule has 0 bridgehead atoms. The highest BCUT2D eigenvalue weighted by molar-refractivity contribution is 5.14. The molecule has 0 saturated heterocycles. The lowest BCUT2D eigenvalue weighted by atomic mass is 10.1. The van der Waals surface area contributed by atoms with Crippen LogP contribution >= 0.6 is 0 Å². The van der Waals surface area contributed by atoms with Crippen LogP contribution in [0.25, 0.3) is 0 Å². The molecule has 0 radical (unpaired) electrons. The van der Waals surface area contributed by atoms with Gasteiger partial charge in [0.2, 0.25) is 5.88 Å². The quantitative estimate of drug-likeness (QED) is 0.842. The lowest BCUT2D eigenvalue weighted by molar-refractivity contribution is -0.141. The number of ether oxygens (including phenoxy) is 1. The van der Waals surface area contributed by atoms with E-state index in [1.54, 1.807) is 0 Å². The molecule has 1 aromatic heterocycles. The first-order chi connectivity index (χ1) is 8.97. The van der Waals surface area contributed by atoms with Crippen LogP contribution in [0.5, 0.6) is 5.88 Å². The molecule has 2 N–H and O–H groups in total. The Morgan fingerprint density at radius 2 is 1.84 bits per heavy atom. The largest absolute Gasteiger partial charge is 0.472 e. The van der Waals surface area contributed by atoms with Crippen LogP contribution in [-0.2, 0) is 6.18 Å². The van der Waals surface area contributed by atoms with Gasteiger partial charge < -0.3 is 10.5 Å². The zero-order chi connectivity index (χ0) is 13.9. The zero-order valence-corrected chi connectivity index (χ0v) is 10.4. The van der Waals surface area contributed by atoms with Crippen molar-refractivity contribution in [2.24, 2.45) is 5.73 Å². The normalized spacial score (nSPS) is 24.8. The molecule has 0 aliphatic heterocycles. The van der Waals surface area contributed by atoms with E-state index >= 15 is 0 Å². The molecule has 1 saturated carbocycles. The molecule has 1 aliphatic carbocycles. The van der Waals surface area contributed by atoms with Crippen LogP contribution in [0.4, 0.5) is 13.2 Å². The molecular formula is C12H16F3N3O. The average molecular weight is 275 g/mol. The Kier molecular flexibility index (Phi) is 4.24. The summed E-state index contributed by atoms with van der Waals surface area (Å²) in [7, 11) is 0. The molecule has 2 rings (SSSR count). The Labute approximate surface area is 109 Å². The summed E-state index contributed by atoms with van der Waals surface area (Å²) in [5.41, 5.74) is 4.95. The number of halogens is 3. The fraction of sp³-hybridized carbons (Fsp3) is 0.667. The summed E-state index contributed by atoms with van der Waals surface area (Å²) < 4.78 is 42.5. The first-order valence-electron chi connectivity index (χ1n) is 6.30. The van der Waals surface area contributed by atoms with Crippen molar-refractivity contribution in [3.05, 3.63) is 17.8 Å². The Bertz CT molecular complexity index is 408. The molecule has 106 valence electrons. The number of hydrogen-bond acceptors (Lipinski definition) is 4. The van der Waals surface area contributed by atoms with E-state index in [0.29, 0.717) is 0 Å². The van der Waals surface area contributed by atoms with Gasteiger partial charge in [-0.2, -0.15) is 13.2 Å². The summed E-state index contributed by atoms with van der Waals surface area (Å²) in [5, 5.41) is 6.58. The van der Waals surface area contributed by atoms with Crippen LogP contribution in [0.15, 0.2) is 12.1 Å². The highest BCUT2D eigenvalue weighted by atomic mass is 19.4. The van der Waals surface area contributed by atoms with Gasteiger partial charge in [-0.3, -0.25) is 0 Å². The summed E-state index contributed by atoms with van der Waals surface area (Å²) in [6.07, 6.45) is 0.138. The molecular weight excluding hydrogens is 259 g/mol. The van der Waals surface area contributed by atoms with Gasteiger partial charge in [-0.1, -0.05) is 12.8 Å². The third-order valence-corrected chi connectivity index (χ3v) is 3.21. The molecule has 1 fully saturated rings. The van der Waals surface area contributed by atoms with E-state index in [4.69, 9.17) is 10.5 Å². The topological polar surface area (TPSA) is 61.0 Å². The Morgan fingerprint density at radius 3 is 2.47 bits per heavy atom. The van der Waals surface area contributed by atoms with Crippen molar-refractivity contribution in [3.8, 4) is 5.88 Å². The van der Waals surface area contributed by atoms with Crippen LogP contribution < -0.4 is 10.5 Å². The second-order valence-electron chi connectivity index (χ2n) is 4.71. The second-order valence-corrected chi connectivity index (χ2v) is 4.71. The van der Waals surface area contributed by atoms with Crippen molar-refractivity contribution in [2.45, 2.75) is 50.4 Å². The fourth-order valence-electron chi connectivity index (χ4n) is 2.14. The molecule has 1 aromatic rings. The molecule has 7 heteroatoms. The van der Waals surface area contributed by atoms with E-state index in [-0.39, 0.29) is 18.0 Å². The van der Waals surface area contributed by atoms with Crippen LogP contribution in [0.3, 0.4) is 0 Å². The number of nitrogens with two attached hydrogens (primary N) is 1. The maximum atomic E-state index is 12.3. The maximum Gasteiger partial charge on any atom is 0.435 e. The van der Waals surface area contributed by atoms with E-state index < -0.39 is 11.9 Å². The molecule has 1 heterocycles. The minimum Gasteiger partial charge on any atom is -0.472 e. The summed E-state index contributed by atoms with van der Waals surface area (Å²) in [5.74, 6) is 0.0929. The predicted molar refractivity (Wildman–Crippen MR) is 62.5 cm³/mol. The zero-order valence-electron chi connectivity index (χ0n) is 10.4. The molecule has 1 aliphatic rings. The van der Waals surface area contributed by atoms with Crippen molar-refractivity contribution in [3.63, 3.8) is 0 Å². The van der Waals surface area contributed by atoms with E-state index in [1.165, 1.54) is 6.07 Å². The second kappa shape index (κ2) is 5.73. The lowest BCUT2D eigenvalue weighted by Crippen LogP contribution is -2.38. The van der Waals surface area contributed by atoms with Crippen molar-refractivity contribution in [1.29, 1.82) is 0 Å². The molecule has 0 spiro atoms. The number of aromatic nitrogens is 2. The number of hydrogen-bond donors (Lipinski definition) is 1. The van der Waals surface area contributed by atoms with Gasteiger partial charge >= 0.3 is 6.18 Å². The molecule has 0 amide bonds. The molecule has 0 aromatic carbocycles. The summed E-state index contributed by atoms with van der Waals surface area (Å²) in [6.45, 7) is 0. The Hall–Kier alpha value is -1.37. The van der Waals surface area contributed by atoms with Gasteiger partial charge in [0.05, 0.1) is 0 Å². The smallest absolute Gasteiger partial charge is 0.435 e. The monoisotopic (exact) mass is 275 g/mol. The highest BCUT2D eigenvalue weighted by Gasteiger charge is 2.33. The van der Waals surface area contributed by atoms with Gasteiger partial charge in [-0.05, 0) is 25.3 Å². The number of rotatable bonds is 2. The van der Waals surface area contributed by atoms with Crippen LogP contribution in [0.1, 0.15) is 37.8 Å². The van der Waals surface area contributed by atoms with Gasteiger partial charge in [0.15, 0.2) is 5.69 Å². The predicted octanol–water partition coefficient (Wildman–Crippen LogP) is 2.53. The van der Waals surface area contributed by atoms with E-state index in [9.17, 15) is 13.2 Å². The van der Waals surface area contributed by atoms with E-state index in [0.717, 1.165) is 38.2 Å². The third kappa shape index (κ3) is 3.79. The summed E-state index contributed by atoms with van der Waals surface area (Å²) in [6, 6.07) is 1.95. The molecule has 19 heavy (non-hydrogen) atoms. The van der Waals surface area contributed by atoms with Crippen molar-refractivity contribution < 1.29 is 17.9 Å². The van der Waals surface area contributed by atoms with E-state index in [1.807, 2.05) is 0 Å². The van der Waals surface area contributed by atoms with Gasteiger partial charge in [-0.15, -0.1) is 10.2 Å². The van der Waals surface area contributed by atoms with Crippen molar-refractivity contribution >= 4 is 0 Å². The van der Waals surface area contributed by atoms with Gasteiger partial charge in [0, 0.05) is 12.1 Å².